The minimum absolute atomic E-state index is 0.118. The van der Waals surface area contributed by atoms with Gasteiger partial charge in [-0.25, -0.2) is 4.98 Å². The number of halogens is 5. The first kappa shape index (κ1) is 23.0. The zero-order valence-corrected chi connectivity index (χ0v) is 17.7. The predicted molar refractivity (Wildman–Crippen MR) is 114 cm³/mol. The molecule has 33 heavy (non-hydrogen) atoms. The molecule has 1 aromatic carbocycles. The zero-order valence-electron chi connectivity index (χ0n) is 16.9. The molecule has 0 aliphatic carbocycles. The lowest BCUT2D eigenvalue weighted by atomic mass is 10.1. The van der Waals surface area contributed by atoms with Crippen molar-refractivity contribution < 1.29 is 27.5 Å². The van der Waals surface area contributed by atoms with E-state index in [2.05, 4.69) is 32.1 Å². The number of hydrogen-bond acceptors (Lipinski definition) is 5. The summed E-state index contributed by atoms with van der Waals surface area (Å²) in [4.78, 5) is 19.0. The van der Waals surface area contributed by atoms with Crippen molar-refractivity contribution in [1.82, 2.24) is 15.2 Å². The second kappa shape index (κ2) is 8.64. The Kier molecular flexibility index (Phi) is 6.02. The van der Waals surface area contributed by atoms with Crippen molar-refractivity contribution in [1.29, 1.82) is 0 Å². The number of pyridine rings is 1. The molecule has 1 unspecified atom stereocenters. The van der Waals surface area contributed by atoms with Gasteiger partial charge < -0.3 is 15.3 Å². The Balaban J connectivity index is 1.57. The number of aliphatic hydroxyl groups is 1. The molecule has 3 aromatic rings. The number of nitrogens with zero attached hydrogens (tertiary/aromatic N) is 3. The summed E-state index contributed by atoms with van der Waals surface area (Å²) in [6.45, 7) is 0.997. The van der Waals surface area contributed by atoms with Crippen LogP contribution < -0.4 is 10.2 Å². The molecular weight excluding hydrogens is 466 g/mol. The van der Waals surface area contributed by atoms with E-state index in [1.807, 2.05) is 4.90 Å². The molecule has 4 rings (SSSR count). The number of carbonyl (C=O) groups is 1. The molecular formula is C21H18ClF4N5O2. The highest BCUT2D eigenvalue weighted by Gasteiger charge is 2.56. The maximum absolute atomic E-state index is 13.7. The molecule has 1 atom stereocenters. The molecule has 0 radical (unpaired) electrons. The van der Waals surface area contributed by atoms with Crippen molar-refractivity contribution in [3.05, 3.63) is 59.9 Å². The smallest absolute Gasteiger partial charge is 0.388 e. The molecule has 0 bridgehead atoms. The first-order valence-electron chi connectivity index (χ1n) is 9.85. The highest BCUT2D eigenvalue weighted by Crippen LogP contribution is 2.45. The molecule has 3 heterocycles. The van der Waals surface area contributed by atoms with Gasteiger partial charge in [-0.15, -0.1) is 0 Å². The fourth-order valence-corrected chi connectivity index (χ4v) is 3.61. The Labute approximate surface area is 190 Å². The Bertz CT molecular complexity index is 1140. The topological polar surface area (TPSA) is 94.1 Å². The second-order valence-electron chi connectivity index (χ2n) is 7.56. The number of anilines is 2. The van der Waals surface area contributed by atoms with E-state index < -0.39 is 28.9 Å². The van der Waals surface area contributed by atoms with Gasteiger partial charge in [0, 0.05) is 42.3 Å². The van der Waals surface area contributed by atoms with Crippen LogP contribution in [0.5, 0.6) is 0 Å². The number of benzene rings is 1. The summed E-state index contributed by atoms with van der Waals surface area (Å²) in [7, 11) is 0. The van der Waals surface area contributed by atoms with Crippen LogP contribution >= 0.6 is 11.6 Å². The number of alkyl halides is 5. The van der Waals surface area contributed by atoms with E-state index in [1.54, 1.807) is 18.3 Å². The third-order valence-electron chi connectivity index (χ3n) is 5.24. The van der Waals surface area contributed by atoms with Gasteiger partial charge in [0.2, 0.25) is 0 Å². The SMILES string of the molecule is O=C(Nc1ccc(C(F)(F)C(F)(F)Cl)cc1)c1cnc(N2CCC(O)C2)c(-c2ccn[nH]2)c1. The fourth-order valence-electron chi connectivity index (χ4n) is 3.50. The molecule has 1 aliphatic rings. The van der Waals surface area contributed by atoms with E-state index in [0.717, 1.165) is 24.3 Å². The number of nitrogens with one attached hydrogen (secondary N) is 2. The van der Waals surface area contributed by atoms with Crippen molar-refractivity contribution in [3.63, 3.8) is 0 Å². The van der Waals surface area contributed by atoms with Gasteiger partial charge in [0.15, 0.2) is 0 Å². The maximum atomic E-state index is 13.7. The molecule has 1 saturated heterocycles. The number of hydrogen-bond donors (Lipinski definition) is 3. The van der Waals surface area contributed by atoms with Gasteiger partial charge in [0.05, 0.1) is 17.4 Å². The van der Waals surface area contributed by atoms with E-state index in [9.17, 15) is 27.5 Å². The van der Waals surface area contributed by atoms with Crippen LogP contribution in [0.1, 0.15) is 22.3 Å². The standard InChI is InChI=1S/C21H18ClF4N5O2/c22-21(25,26)20(23,24)13-1-3-14(4-2-13)29-19(33)12-9-16(17-5-7-28-30-17)18(27-10-12)31-8-6-15(32)11-31/h1-5,7,9-10,15,32H,6,8,11H2,(H,28,30)(H,29,33). The molecule has 0 spiro atoms. The number of β-amino-alcohol motifs (C(OH)–C–C–N with tert-alkyl or cyclic N) is 1. The average Bonchev–Trinajstić information content (AvgIpc) is 3.45. The van der Waals surface area contributed by atoms with Gasteiger partial charge in [-0.2, -0.15) is 22.7 Å². The van der Waals surface area contributed by atoms with Crippen molar-refractivity contribution in [2.24, 2.45) is 0 Å². The molecule has 1 fully saturated rings. The van der Waals surface area contributed by atoms with Crippen LogP contribution in [-0.2, 0) is 5.92 Å². The third-order valence-corrected chi connectivity index (χ3v) is 5.48. The Morgan fingerprint density at radius 1 is 1.21 bits per heavy atom. The Morgan fingerprint density at radius 2 is 1.94 bits per heavy atom. The lowest BCUT2D eigenvalue weighted by Gasteiger charge is -2.21. The van der Waals surface area contributed by atoms with Crippen molar-refractivity contribution in [2.45, 2.75) is 23.8 Å². The molecule has 1 aliphatic heterocycles. The molecule has 1 amide bonds. The van der Waals surface area contributed by atoms with E-state index >= 15 is 0 Å². The molecule has 12 heteroatoms. The average molecular weight is 484 g/mol. The Hall–Kier alpha value is -3.18. The van der Waals surface area contributed by atoms with Crippen LogP contribution in [0.3, 0.4) is 0 Å². The van der Waals surface area contributed by atoms with Crippen LogP contribution in [0.2, 0.25) is 0 Å². The van der Waals surface area contributed by atoms with Crippen molar-refractivity contribution in [2.75, 3.05) is 23.3 Å². The number of H-pyrrole nitrogens is 1. The minimum atomic E-state index is -4.75. The van der Waals surface area contributed by atoms with Crippen LogP contribution in [0, 0.1) is 0 Å². The number of amides is 1. The summed E-state index contributed by atoms with van der Waals surface area (Å²) in [5.41, 5.74) is 0.508. The number of aliphatic hydroxyl groups excluding tert-OH is 1. The van der Waals surface area contributed by atoms with E-state index in [-0.39, 0.29) is 11.3 Å². The van der Waals surface area contributed by atoms with Gasteiger partial charge in [0.25, 0.3) is 5.91 Å². The molecule has 174 valence electrons. The maximum Gasteiger partial charge on any atom is 0.388 e. The molecule has 3 N–H and O–H groups in total. The van der Waals surface area contributed by atoms with Gasteiger partial charge in [-0.3, -0.25) is 9.89 Å². The predicted octanol–water partition coefficient (Wildman–Crippen LogP) is 4.22. The van der Waals surface area contributed by atoms with Crippen LogP contribution in [0.25, 0.3) is 11.3 Å². The summed E-state index contributed by atoms with van der Waals surface area (Å²) in [6.07, 6.45) is 3.02. The zero-order chi connectivity index (χ0) is 23.8. The van der Waals surface area contributed by atoms with E-state index in [4.69, 9.17) is 0 Å². The molecule has 7 nitrogen and oxygen atoms in total. The lowest BCUT2D eigenvalue weighted by Crippen LogP contribution is -2.32. The van der Waals surface area contributed by atoms with Crippen molar-refractivity contribution >= 4 is 29.0 Å². The number of aromatic amines is 1. The summed E-state index contributed by atoms with van der Waals surface area (Å²) in [5.74, 6) is -4.58. The number of rotatable bonds is 6. The summed E-state index contributed by atoms with van der Waals surface area (Å²) >= 11 is 4.50. The van der Waals surface area contributed by atoms with Gasteiger partial charge in [0.1, 0.15) is 5.82 Å². The summed E-state index contributed by atoms with van der Waals surface area (Å²) < 4.78 is 53.3. The number of aromatic nitrogens is 3. The van der Waals surface area contributed by atoms with Gasteiger partial charge in [-0.1, -0.05) is 12.1 Å². The lowest BCUT2D eigenvalue weighted by molar-refractivity contribution is -0.164. The van der Waals surface area contributed by atoms with Gasteiger partial charge in [-0.05, 0) is 42.3 Å². The van der Waals surface area contributed by atoms with Crippen LogP contribution in [0.4, 0.5) is 29.1 Å². The quantitative estimate of drug-likeness (QED) is 0.360. The van der Waals surface area contributed by atoms with E-state index in [0.29, 0.717) is 36.6 Å². The Morgan fingerprint density at radius 3 is 2.52 bits per heavy atom. The minimum Gasteiger partial charge on any atom is -0.391 e. The third kappa shape index (κ3) is 4.64. The largest absolute Gasteiger partial charge is 0.391 e. The number of carbonyl (C=O) groups excluding carboxylic acids is 1. The monoisotopic (exact) mass is 483 g/mol. The fraction of sp³-hybridized carbons (Fsp3) is 0.286. The highest BCUT2D eigenvalue weighted by molar-refractivity contribution is 6.22. The normalized spacial score (nSPS) is 16.8. The second-order valence-corrected chi connectivity index (χ2v) is 8.03. The van der Waals surface area contributed by atoms with Crippen molar-refractivity contribution in [3.8, 4) is 11.3 Å². The summed E-state index contributed by atoms with van der Waals surface area (Å²) in [5, 5.41) is 14.4. The highest BCUT2D eigenvalue weighted by atomic mass is 35.5. The first-order valence-corrected chi connectivity index (χ1v) is 10.2. The first-order chi connectivity index (χ1) is 15.6. The summed E-state index contributed by atoms with van der Waals surface area (Å²) in [6, 6.07) is 6.98. The van der Waals surface area contributed by atoms with Gasteiger partial charge >= 0.3 is 11.3 Å². The van der Waals surface area contributed by atoms with Crippen LogP contribution in [0.15, 0.2) is 48.8 Å². The molecule has 0 saturated carbocycles. The van der Waals surface area contributed by atoms with Crippen LogP contribution in [-0.4, -0.2) is 50.8 Å². The van der Waals surface area contributed by atoms with E-state index in [1.165, 1.54) is 6.20 Å². The molecule has 2 aromatic heterocycles.